The van der Waals surface area contributed by atoms with E-state index in [1.54, 1.807) is 30.8 Å². The van der Waals surface area contributed by atoms with Gasteiger partial charge in [0.25, 0.3) is 0 Å². The maximum absolute atomic E-state index is 5.90. The van der Waals surface area contributed by atoms with Crippen LogP contribution in [0.5, 0.6) is 5.75 Å². The van der Waals surface area contributed by atoms with Gasteiger partial charge in [-0.1, -0.05) is 0 Å². The van der Waals surface area contributed by atoms with E-state index in [0.29, 0.717) is 11.4 Å². The number of ether oxygens (including phenoxy) is 1. The molecule has 0 bridgehead atoms. The van der Waals surface area contributed by atoms with Gasteiger partial charge in [0.05, 0.1) is 23.7 Å². The third-order valence-corrected chi connectivity index (χ3v) is 3.75. The Hall–Kier alpha value is -2.14. The highest BCUT2D eigenvalue weighted by Crippen LogP contribution is 2.33. The molecule has 4 nitrogen and oxygen atoms in total. The van der Waals surface area contributed by atoms with E-state index in [2.05, 4.69) is 9.97 Å². The van der Waals surface area contributed by atoms with Crippen LogP contribution < -0.4 is 10.5 Å². The molecule has 2 heterocycles. The summed E-state index contributed by atoms with van der Waals surface area (Å²) in [5.74, 6) is 0.682. The highest BCUT2D eigenvalue weighted by Gasteiger charge is 2.08. The molecule has 0 aliphatic rings. The quantitative estimate of drug-likeness (QED) is 0.717. The van der Waals surface area contributed by atoms with Crippen molar-refractivity contribution in [3.63, 3.8) is 0 Å². The SMILES string of the molecule is COc1ccc(-c2nc3cnccc3s2)cc1N. The van der Waals surface area contributed by atoms with Crippen LogP contribution in [0.4, 0.5) is 5.69 Å². The summed E-state index contributed by atoms with van der Waals surface area (Å²) in [4.78, 5) is 8.60. The van der Waals surface area contributed by atoms with Crippen LogP contribution in [0.2, 0.25) is 0 Å². The van der Waals surface area contributed by atoms with E-state index in [-0.39, 0.29) is 0 Å². The van der Waals surface area contributed by atoms with Gasteiger partial charge in [0.1, 0.15) is 16.3 Å². The van der Waals surface area contributed by atoms with Crippen LogP contribution in [0.3, 0.4) is 0 Å². The van der Waals surface area contributed by atoms with Gasteiger partial charge in [-0.05, 0) is 24.3 Å². The zero-order chi connectivity index (χ0) is 12.5. The second-order valence-corrected chi connectivity index (χ2v) is 4.85. The fourth-order valence-corrected chi connectivity index (χ4v) is 2.70. The number of methoxy groups -OCH3 is 1. The van der Waals surface area contributed by atoms with Crippen molar-refractivity contribution in [3.8, 4) is 16.3 Å². The lowest BCUT2D eigenvalue weighted by molar-refractivity contribution is 0.417. The van der Waals surface area contributed by atoms with Crippen LogP contribution >= 0.6 is 11.3 Å². The van der Waals surface area contributed by atoms with Gasteiger partial charge in [-0.25, -0.2) is 4.98 Å². The van der Waals surface area contributed by atoms with E-state index < -0.39 is 0 Å². The van der Waals surface area contributed by atoms with E-state index in [4.69, 9.17) is 10.5 Å². The molecule has 90 valence electrons. The molecule has 3 aromatic rings. The first-order valence-electron chi connectivity index (χ1n) is 5.42. The highest BCUT2D eigenvalue weighted by atomic mass is 32.1. The Balaban J connectivity index is 2.11. The number of pyridine rings is 1. The first-order chi connectivity index (χ1) is 8.78. The molecule has 0 saturated carbocycles. The topological polar surface area (TPSA) is 61.0 Å². The molecule has 0 amide bonds. The standard InChI is InChI=1S/C13H11N3OS/c1-17-11-3-2-8(6-9(11)14)13-16-10-7-15-5-4-12(10)18-13/h2-7H,14H2,1H3. The van der Waals surface area contributed by atoms with Gasteiger partial charge < -0.3 is 10.5 Å². The number of fused-ring (bicyclic) bond motifs is 1. The van der Waals surface area contributed by atoms with Gasteiger partial charge in [-0.3, -0.25) is 4.98 Å². The lowest BCUT2D eigenvalue weighted by atomic mass is 10.2. The normalized spacial score (nSPS) is 10.7. The monoisotopic (exact) mass is 257 g/mol. The summed E-state index contributed by atoms with van der Waals surface area (Å²) in [7, 11) is 1.61. The molecule has 0 aliphatic heterocycles. The maximum Gasteiger partial charge on any atom is 0.141 e. The van der Waals surface area contributed by atoms with Crippen molar-refractivity contribution in [2.75, 3.05) is 12.8 Å². The van der Waals surface area contributed by atoms with Gasteiger partial charge >= 0.3 is 0 Å². The molecule has 0 spiro atoms. The Labute approximate surface area is 108 Å². The molecule has 5 heteroatoms. The summed E-state index contributed by atoms with van der Waals surface area (Å²) < 4.78 is 6.26. The molecular formula is C13H11N3OS. The van der Waals surface area contributed by atoms with Crippen LogP contribution in [-0.2, 0) is 0 Å². The largest absolute Gasteiger partial charge is 0.495 e. The first kappa shape index (κ1) is 11.0. The van der Waals surface area contributed by atoms with Gasteiger partial charge in [-0.2, -0.15) is 0 Å². The average Bonchev–Trinajstić information content (AvgIpc) is 2.82. The van der Waals surface area contributed by atoms with Crippen LogP contribution in [0, 0.1) is 0 Å². The number of anilines is 1. The lowest BCUT2D eigenvalue weighted by Gasteiger charge is -2.04. The Morgan fingerprint density at radius 2 is 2.17 bits per heavy atom. The number of thiazole rings is 1. The minimum atomic E-state index is 0.618. The number of rotatable bonds is 2. The molecular weight excluding hydrogens is 246 g/mol. The van der Waals surface area contributed by atoms with Crippen molar-refractivity contribution in [3.05, 3.63) is 36.7 Å². The van der Waals surface area contributed by atoms with Gasteiger partial charge in [0.2, 0.25) is 0 Å². The number of nitrogens with zero attached hydrogens (tertiary/aromatic N) is 2. The van der Waals surface area contributed by atoms with Crippen LogP contribution in [0.25, 0.3) is 20.8 Å². The van der Waals surface area contributed by atoms with Crippen molar-refractivity contribution in [2.45, 2.75) is 0 Å². The zero-order valence-electron chi connectivity index (χ0n) is 9.75. The van der Waals surface area contributed by atoms with Gasteiger partial charge in [0, 0.05) is 11.8 Å². The molecule has 2 N–H and O–H groups in total. The molecule has 3 rings (SSSR count). The predicted molar refractivity (Wildman–Crippen MR) is 73.8 cm³/mol. The summed E-state index contributed by atoms with van der Waals surface area (Å²) in [5, 5.41) is 0.937. The van der Waals surface area contributed by atoms with E-state index >= 15 is 0 Å². The number of hydrogen-bond donors (Lipinski definition) is 1. The minimum Gasteiger partial charge on any atom is -0.495 e. The molecule has 2 aromatic heterocycles. The summed E-state index contributed by atoms with van der Waals surface area (Å²) in [6, 6.07) is 7.66. The van der Waals surface area contributed by atoms with E-state index in [1.165, 1.54) is 0 Å². The Morgan fingerprint density at radius 1 is 1.28 bits per heavy atom. The van der Waals surface area contributed by atoms with Crippen molar-refractivity contribution >= 4 is 27.2 Å². The first-order valence-corrected chi connectivity index (χ1v) is 6.24. The number of aromatic nitrogens is 2. The second-order valence-electron chi connectivity index (χ2n) is 3.82. The molecule has 0 radical (unpaired) electrons. The predicted octanol–water partition coefficient (Wildman–Crippen LogP) is 2.95. The Morgan fingerprint density at radius 3 is 2.89 bits per heavy atom. The number of nitrogen functional groups attached to an aromatic ring is 1. The smallest absolute Gasteiger partial charge is 0.141 e. The molecule has 0 aliphatic carbocycles. The summed E-state index contributed by atoms with van der Waals surface area (Å²) in [5.41, 5.74) is 8.42. The fourth-order valence-electron chi connectivity index (χ4n) is 1.77. The summed E-state index contributed by atoms with van der Waals surface area (Å²) >= 11 is 1.63. The molecule has 18 heavy (non-hydrogen) atoms. The van der Waals surface area contributed by atoms with Crippen molar-refractivity contribution in [2.24, 2.45) is 0 Å². The highest BCUT2D eigenvalue weighted by molar-refractivity contribution is 7.21. The zero-order valence-corrected chi connectivity index (χ0v) is 10.6. The van der Waals surface area contributed by atoms with Gasteiger partial charge in [-0.15, -0.1) is 11.3 Å². The molecule has 0 fully saturated rings. The van der Waals surface area contributed by atoms with Crippen LogP contribution in [-0.4, -0.2) is 17.1 Å². The van der Waals surface area contributed by atoms with E-state index in [1.807, 2.05) is 24.3 Å². The van der Waals surface area contributed by atoms with Crippen molar-refractivity contribution in [1.82, 2.24) is 9.97 Å². The Kier molecular flexibility index (Phi) is 2.60. The van der Waals surface area contributed by atoms with Gasteiger partial charge in [0.15, 0.2) is 0 Å². The lowest BCUT2D eigenvalue weighted by Crippen LogP contribution is -1.92. The minimum absolute atomic E-state index is 0.618. The third kappa shape index (κ3) is 1.78. The molecule has 0 atom stereocenters. The van der Waals surface area contributed by atoms with Crippen LogP contribution in [0.15, 0.2) is 36.7 Å². The van der Waals surface area contributed by atoms with E-state index in [9.17, 15) is 0 Å². The third-order valence-electron chi connectivity index (χ3n) is 2.67. The molecule has 0 unspecified atom stereocenters. The number of nitrogens with two attached hydrogens (primary N) is 1. The van der Waals surface area contributed by atoms with Crippen molar-refractivity contribution < 1.29 is 4.74 Å². The van der Waals surface area contributed by atoms with Crippen molar-refractivity contribution in [1.29, 1.82) is 0 Å². The maximum atomic E-state index is 5.90. The van der Waals surface area contributed by atoms with Crippen LogP contribution in [0.1, 0.15) is 0 Å². The average molecular weight is 257 g/mol. The second kappa shape index (κ2) is 4.27. The fraction of sp³-hybridized carbons (Fsp3) is 0.0769. The number of hydrogen-bond acceptors (Lipinski definition) is 5. The summed E-state index contributed by atoms with van der Waals surface area (Å²) in [6.07, 6.45) is 3.54. The molecule has 1 aromatic carbocycles. The molecule has 0 saturated heterocycles. The van der Waals surface area contributed by atoms with E-state index in [0.717, 1.165) is 20.8 Å². The Bertz CT molecular complexity index is 675. The number of benzene rings is 1. The summed E-state index contributed by atoms with van der Waals surface area (Å²) in [6.45, 7) is 0.